The summed E-state index contributed by atoms with van der Waals surface area (Å²) in [6.07, 6.45) is -2.68. The van der Waals surface area contributed by atoms with Crippen LogP contribution in [0, 0.1) is 7.27 Å². The van der Waals surface area contributed by atoms with Crippen molar-refractivity contribution in [3.63, 3.8) is 0 Å². The molecule has 8 nitrogen and oxygen atoms in total. The number of nitrogen functional groups attached to an aromatic ring is 1. The van der Waals surface area contributed by atoms with Gasteiger partial charge >= 0.3 is 0 Å². The Labute approximate surface area is 146 Å². The Kier molecular flexibility index (Phi) is 4.26. The van der Waals surface area contributed by atoms with Crippen molar-refractivity contribution in [1.82, 2.24) is 14.5 Å². The highest BCUT2D eigenvalue weighted by Crippen LogP contribution is 2.38. The Morgan fingerprint density at radius 2 is 2.00 bits per heavy atom. The Hall–Kier alpha value is -0.280. The first-order chi connectivity index (χ1) is 9.97. The standard InChI is InChI=1S/C11H12I2N4O4/c12-5-4-9(14)15-2-16-10(4)17(8(5)13)11-7(20)6(19)3(1-18)21-11/h2-3,6-7,11,18-20H,1H2,(H2,14,15,16)/t3-,6-,7-,11-/m1/s1. The predicted molar refractivity (Wildman–Crippen MR) is 90.4 cm³/mol. The molecule has 2 aromatic heterocycles. The molecule has 21 heavy (non-hydrogen) atoms. The minimum atomic E-state index is -1.17. The van der Waals surface area contributed by atoms with Crippen LogP contribution in [-0.2, 0) is 4.74 Å². The van der Waals surface area contributed by atoms with E-state index in [4.69, 9.17) is 10.5 Å². The van der Waals surface area contributed by atoms with Gasteiger partial charge in [-0.15, -0.1) is 0 Å². The maximum Gasteiger partial charge on any atom is 0.165 e. The van der Waals surface area contributed by atoms with Crippen LogP contribution in [0.5, 0.6) is 0 Å². The van der Waals surface area contributed by atoms with Gasteiger partial charge in [-0.2, -0.15) is 0 Å². The number of aliphatic hydroxyl groups is 3. The number of fused-ring (bicyclic) bond motifs is 1. The molecule has 2 aromatic rings. The summed E-state index contributed by atoms with van der Waals surface area (Å²) in [5.74, 6) is 0.341. The number of rotatable bonds is 2. The molecule has 0 unspecified atom stereocenters. The first-order valence-electron chi connectivity index (χ1n) is 6.05. The van der Waals surface area contributed by atoms with Crippen LogP contribution >= 0.6 is 45.2 Å². The van der Waals surface area contributed by atoms with Crippen LogP contribution in [0.3, 0.4) is 0 Å². The number of aliphatic hydroxyl groups excluding tert-OH is 3. The second kappa shape index (κ2) is 5.73. The molecular formula is C11H12I2N4O4. The maximum absolute atomic E-state index is 10.2. The van der Waals surface area contributed by atoms with E-state index in [1.807, 2.05) is 0 Å². The van der Waals surface area contributed by atoms with E-state index in [9.17, 15) is 15.3 Å². The van der Waals surface area contributed by atoms with Crippen molar-refractivity contribution in [2.45, 2.75) is 24.5 Å². The number of halogens is 2. The highest BCUT2D eigenvalue weighted by atomic mass is 127. The van der Waals surface area contributed by atoms with Gasteiger partial charge in [0.25, 0.3) is 0 Å². The number of aromatic nitrogens is 3. The van der Waals surface area contributed by atoms with Gasteiger partial charge in [-0.1, -0.05) is 0 Å². The molecule has 0 aromatic carbocycles. The number of hydrogen-bond donors (Lipinski definition) is 4. The second-order valence-corrected chi connectivity index (χ2v) is 6.76. The van der Waals surface area contributed by atoms with Gasteiger partial charge in [0.2, 0.25) is 0 Å². The average Bonchev–Trinajstić information content (AvgIpc) is 2.88. The molecular weight excluding hydrogens is 506 g/mol. The number of ether oxygens (including phenoxy) is 1. The van der Waals surface area contributed by atoms with E-state index in [0.717, 1.165) is 7.27 Å². The molecule has 0 radical (unpaired) electrons. The normalized spacial score (nSPS) is 29.4. The zero-order valence-corrected chi connectivity index (χ0v) is 14.8. The van der Waals surface area contributed by atoms with Crippen molar-refractivity contribution < 1.29 is 20.1 Å². The zero-order chi connectivity index (χ0) is 15.3. The van der Waals surface area contributed by atoms with Crippen LogP contribution < -0.4 is 5.73 Å². The Balaban J connectivity index is 2.18. The van der Waals surface area contributed by atoms with E-state index in [2.05, 4.69) is 55.1 Å². The summed E-state index contributed by atoms with van der Waals surface area (Å²) in [6, 6.07) is 0. The van der Waals surface area contributed by atoms with Gasteiger partial charge in [-0.25, -0.2) is 9.97 Å². The van der Waals surface area contributed by atoms with Gasteiger partial charge in [0.1, 0.15) is 36.1 Å². The lowest BCUT2D eigenvalue weighted by Gasteiger charge is -2.18. The van der Waals surface area contributed by atoms with Crippen LogP contribution in [0.4, 0.5) is 5.82 Å². The largest absolute Gasteiger partial charge is 0.394 e. The summed E-state index contributed by atoms with van der Waals surface area (Å²) in [5, 5.41) is 30.0. The molecule has 3 rings (SSSR count). The van der Waals surface area contributed by atoms with Crippen LogP contribution in [0.25, 0.3) is 11.0 Å². The predicted octanol–water partition coefficient (Wildman–Crippen LogP) is -0.166. The van der Waals surface area contributed by atoms with Gasteiger partial charge in [-0.05, 0) is 45.2 Å². The number of anilines is 1. The quantitative estimate of drug-likeness (QED) is 0.407. The Morgan fingerprint density at radius 3 is 2.62 bits per heavy atom. The highest BCUT2D eigenvalue weighted by molar-refractivity contribution is 14.1. The molecule has 1 fully saturated rings. The molecule has 0 amide bonds. The summed E-state index contributed by atoms with van der Waals surface area (Å²) in [5.41, 5.74) is 6.41. The minimum absolute atomic E-state index is 0.341. The Bertz CT molecular complexity index is 694. The fraction of sp³-hybridized carbons (Fsp3) is 0.455. The van der Waals surface area contributed by atoms with Crippen LogP contribution in [0.1, 0.15) is 6.23 Å². The third-order valence-electron chi connectivity index (χ3n) is 3.47. The SMILES string of the molecule is Nc1ncnc2c1c(I)c(I)n2[C@@H]1O[C@H](CO)[C@@H](O)[C@H]1O. The molecule has 0 aliphatic carbocycles. The number of hydrogen-bond acceptors (Lipinski definition) is 7. The van der Waals surface area contributed by atoms with Crippen LogP contribution in [-0.4, -0.2) is 54.8 Å². The van der Waals surface area contributed by atoms with Crippen molar-refractivity contribution in [3.05, 3.63) is 13.6 Å². The zero-order valence-electron chi connectivity index (χ0n) is 10.5. The van der Waals surface area contributed by atoms with Crippen molar-refractivity contribution in [2.24, 2.45) is 0 Å². The van der Waals surface area contributed by atoms with Crippen molar-refractivity contribution in [2.75, 3.05) is 12.3 Å². The molecule has 0 saturated carbocycles. The van der Waals surface area contributed by atoms with Crippen molar-refractivity contribution in [1.29, 1.82) is 0 Å². The lowest BCUT2D eigenvalue weighted by atomic mass is 10.1. The second-order valence-electron chi connectivity index (χ2n) is 4.66. The van der Waals surface area contributed by atoms with E-state index >= 15 is 0 Å². The van der Waals surface area contributed by atoms with Crippen LogP contribution in [0.2, 0.25) is 0 Å². The molecule has 114 valence electrons. The number of nitrogens with two attached hydrogens (primary N) is 1. The molecule has 5 N–H and O–H groups in total. The molecule has 4 atom stereocenters. The minimum Gasteiger partial charge on any atom is -0.394 e. The van der Waals surface area contributed by atoms with Gasteiger partial charge < -0.3 is 25.8 Å². The first-order valence-corrected chi connectivity index (χ1v) is 8.21. The summed E-state index contributed by atoms with van der Waals surface area (Å²) in [6.45, 7) is -0.376. The molecule has 3 heterocycles. The maximum atomic E-state index is 10.2. The fourth-order valence-electron chi connectivity index (χ4n) is 2.41. The van der Waals surface area contributed by atoms with Gasteiger partial charge in [0.05, 0.1) is 19.3 Å². The van der Waals surface area contributed by atoms with E-state index < -0.39 is 24.5 Å². The van der Waals surface area contributed by atoms with E-state index in [1.54, 1.807) is 4.57 Å². The van der Waals surface area contributed by atoms with Gasteiger partial charge in [0.15, 0.2) is 6.23 Å². The summed E-state index contributed by atoms with van der Waals surface area (Å²) in [4.78, 5) is 8.17. The van der Waals surface area contributed by atoms with E-state index in [-0.39, 0.29) is 6.61 Å². The van der Waals surface area contributed by atoms with Gasteiger partial charge in [-0.3, -0.25) is 4.57 Å². The molecule has 10 heteroatoms. The molecule has 0 bridgehead atoms. The fourth-order valence-corrected chi connectivity index (χ4v) is 3.96. The van der Waals surface area contributed by atoms with Crippen molar-refractivity contribution >= 4 is 62.0 Å². The lowest BCUT2D eigenvalue weighted by molar-refractivity contribution is -0.0519. The average molecular weight is 518 g/mol. The molecule has 1 saturated heterocycles. The monoisotopic (exact) mass is 518 g/mol. The van der Waals surface area contributed by atoms with Gasteiger partial charge in [0, 0.05) is 0 Å². The lowest BCUT2D eigenvalue weighted by Crippen LogP contribution is -2.33. The summed E-state index contributed by atoms with van der Waals surface area (Å²) in [7, 11) is 0. The smallest absolute Gasteiger partial charge is 0.165 e. The molecule has 1 aliphatic rings. The van der Waals surface area contributed by atoms with E-state index in [1.165, 1.54) is 6.33 Å². The third-order valence-corrected chi connectivity index (χ3v) is 6.61. The van der Waals surface area contributed by atoms with Crippen LogP contribution in [0.15, 0.2) is 6.33 Å². The van der Waals surface area contributed by atoms with Crippen molar-refractivity contribution in [3.8, 4) is 0 Å². The highest BCUT2D eigenvalue weighted by Gasteiger charge is 2.44. The number of nitrogens with zero attached hydrogens (tertiary/aromatic N) is 3. The first kappa shape index (κ1) is 15.6. The van der Waals surface area contributed by atoms with E-state index in [0.29, 0.717) is 16.9 Å². The topological polar surface area (TPSA) is 127 Å². The molecule has 1 aliphatic heterocycles. The summed E-state index contributed by atoms with van der Waals surface area (Å²) >= 11 is 4.22. The Morgan fingerprint density at radius 1 is 1.29 bits per heavy atom. The third kappa shape index (κ3) is 2.31. The summed E-state index contributed by atoms with van der Waals surface area (Å²) < 4.78 is 8.85. The molecule has 0 spiro atoms.